The quantitative estimate of drug-likeness (QED) is 0.797. The van der Waals surface area contributed by atoms with Gasteiger partial charge in [0.25, 0.3) is 0 Å². The molecule has 0 bridgehead atoms. The molecule has 1 amide bonds. The number of hydrogen-bond acceptors (Lipinski definition) is 2. The minimum Gasteiger partial charge on any atom is -0.361 e. The van der Waals surface area contributed by atoms with Crippen LogP contribution in [-0.2, 0) is 4.79 Å². The van der Waals surface area contributed by atoms with Gasteiger partial charge in [-0.2, -0.15) is 0 Å². The number of nitrogens with two attached hydrogens (primary N) is 1. The number of anilines is 1. The molecule has 4 nitrogen and oxygen atoms in total. The molecule has 2 aromatic rings. The molecule has 0 aliphatic carbocycles. The van der Waals surface area contributed by atoms with Crippen LogP contribution < -0.4 is 11.1 Å². The van der Waals surface area contributed by atoms with Crippen LogP contribution in [0.2, 0.25) is 0 Å². The number of hydrogen-bond donors (Lipinski definition) is 3. The number of nitrogens with one attached hydrogen (secondary N) is 2. The minimum atomic E-state index is -0.429. The molecule has 1 unspecified atom stereocenters. The Morgan fingerprint density at radius 1 is 1.44 bits per heavy atom. The molecule has 18 heavy (non-hydrogen) atoms. The van der Waals surface area contributed by atoms with E-state index in [1.807, 2.05) is 37.4 Å². The van der Waals surface area contributed by atoms with Crippen LogP contribution in [-0.4, -0.2) is 16.9 Å². The van der Waals surface area contributed by atoms with Crippen LogP contribution in [0.5, 0.6) is 0 Å². The molecule has 0 aliphatic rings. The zero-order valence-electron chi connectivity index (χ0n) is 10.3. The molecule has 0 saturated heterocycles. The summed E-state index contributed by atoms with van der Waals surface area (Å²) in [5.41, 5.74) is 7.59. The molecule has 1 aromatic carbocycles. The lowest BCUT2D eigenvalue weighted by molar-refractivity contribution is -0.117. The second-order valence-corrected chi connectivity index (χ2v) is 4.16. The number of carbonyl (C=O) groups is 1. The van der Waals surface area contributed by atoms with Crippen molar-refractivity contribution in [1.82, 2.24) is 4.98 Å². The van der Waals surface area contributed by atoms with Crippen LogP contribution in [0.15, 0.2) is 30.5 Å². The van der Waals surface area contributed by atoms with E-state index in [4.69, 9.17) is 5.73 Å². The van der Waals surface area contributed by atoms with E-state index in [-0.39, 0.29) is 18.3 Å². The highest BCUT2D eigenvalue weighted by atomic mass is 35.5. The van der Waals surface area contributed by atoms with Crippen molar-refractivity contribution in [3.63, 3.8) is 0 Å². The van der Waals surface area contributed by atoms with Crippen molar-refractivity contribution in [2.75, 3.05) is 5.32 Å². The van der Waals surface area contributed by atoms with Crippen LogP contribution in [0.25, 0.3) is 10.9 Å². The number of amides is 1. The van der Waals surface area contributed by atoms with Crippen molar-refractivity contribution < 1.29 is 4.79 Å². The van der Waals surface area contributed by atoms with Crippen LogP contribution in [0.1, 0.15) is 19.8 Å². The van der Waals surface area contributed by atoms with Gasteiger partial charge in [0.05, 0.1) is 6.04 Å². The smallest absolute Gasteiger partial charge is 0.241 e. The maximum Gasteiger partial charge on any atom is 0.241 e. The van der Waals surface area contributed by atoms with Gasteiger partial charge in [-0.05, 0) is 30.7 Å². The highest BCUT2D eigenvalue weighted by molar-refractivity contribution is 5.96. The number of fused-ring (bicyclic) bond motifs is 1. The van der Waals surface area contributed by atoms with Crippen LogP contribution in [0.4, 0.5) is 5.69 Å². The van der Waals surface area contributed by atoms with Gasteiger partial charge in [-0.15, -0.1) is 12.4 Å². The first kappa shape index (κ1) is 14.5. The van der Waals surface area contributed by atoms with Gasteiger partial charge in [0.15, 0.2) is 0 Å². The minimum absolute atomic E-state index is 0. The Balaban J connectivity index is 0.00000162. The SMILES string of the molecule is CCCC(N)C(=O)Nc1ccc2[nH]ccc2c1.Cl. The number of aromatic amines is 1. The first-order valence-electron chi connectivity index (χ1n) is 5.84. The molecule has 2 rings (SSSR count). The van der Waals surface area contributed by atoms with Crippen molar-refractivity contribution in [1.29, 1.82) is 0 Å². The Hall–Kier alpha value is -1.52. The molecule has 98 valence electrons. The summed E-state index contributed by atoms with van der Waals surface area (Å²) in [6.07, 6.45) is 3.49. The van der Waals surface area contributed by atoms with E-state index in [0.29, 0.717) is 6.42 Å². The molecular formula is C13H18ClN3O. The van der Waals surface area contributed by atoms with Gasteiger partial charge in [0.1, 0.15) is 0 Å². The molecule has 0 spiro atoms. The lowest BCUT2D eigenvalue weighted by atomic mass is 10.1. The summed E-state index contributed by atoms with van der Waals surface area (Å²) >= 11 is 0. The Morgan fingerprint density at radius 2 is 2.22 bits per heavy atom. The molecule has 1 aromatic heterocycles. The summed E-state index contributed by atoms with van der Waals surface area (Å²) < 4.78 is 0. The number of rotatable bonds is 4. The van der Waals surface area contributed by atoms with Crippen molar-refractivity contribution in [3.8, 4) is 0 Å². The largest absolute Gasteiger partial charge is 0.361 e. The lowest BCUT2D eigenvalue weighted by Gasteiger charge is -2.11. The van der Waals surface area contributed by atoms with E-state index < -0.39 is 6.04 Å². The van der Waals surface area contributed by atoms with E-state index in [9.17, 15) is 4.79 Å². The normalized spacial score (nSPS) is 11.9. The molecule has 0 saturated carbocycles. The molecule has 0 fully saturated rings. The van der Waals surface area contributed by atoms with Gasteiger partial charge in [0.2, 0.25) is 5.91 Å². The Morgan fingerprint density at radius 3 is 2.94 bits per heavy atom. The third kappa shape index (κ3) is 3.24. The Bertz CT molecular complexity index is 524. The molecule has 1 heterocycles. The number of carbonyl (C=O) groups excluding carboxylic acids is 1. The average Bonchev–Trinajstić information content (AvgIpc) is 2.76. The van der Waals surface area contributed by atoms with E-state index in [2.05, 4.69) is 10.3 Å². The maximum atomic E-state index is 11.7. The van der Waals surface area contributed by atoms with Gasteiger partial charge >= 0.3 is 0 Å². The van der Waals surface area contributed by atoms with Crippen LogP contribution in [0.3, 0.4) is 0 Å². The van der Waals surface area contributed by atoms with Crippen molar-refractivity contribution in [2.24, 2.45) is 5.73 Å². The lowest BCUT2D eigenvalue weighted by Crippen LogP contribution is -2.35. The number of H-pyrrole nitrogens is 1. The van der Waals surface area contributed by atoms with E-state index in [1.165, 1.54) is 0 Å². The number of benzene rings is 1. The van der Waals surface area contributed by atoms with Gasteiger partial charge in [-0.1, -0.05) is 13.3 Å². The second kappa shape index (κ2) is 6.42. The summed E-state index contributed by atoms with van der Waals surface area (Å²) in [4.78, 5) is 14.8. The first-order chi connectivity index (χ1) is 8.20. The highest BCUT2D eigenvalue weighted by Gasteiger charge is 2.12. The van der Waals surface area contributed by atoms with Crippen LogP contribution >= 0.6 is 12.4 Å². The van der Waals surface area contributed by atoms with Gasteiger partial charge in [0, 0.05) is 22.8 Å². The summed E-state index contributed by atoms with van der Waals surface area (Å²) in [6.45, 7) is 2.01. The number of halogens is 1. The van der Waals surface area contributed by atoms with Gasteiger partial charge < -0.3 is 16.0 Å². The fourth-order valence-electron chi connectivity index (χ4n) is 1.81. The molecule has 0 radical (unpaired) electrons. The standard InChI is InChI=1S/C13H17N3O.ClH/c1-2-3-11(14)13(17)16-10-4-5-12-9(8-10)6-7-15-12;/h4-8,11,15H,2-3,14H2,1H3,(H,16,17);1H. The summed E-state index contributed by atoms with van der Waals surface area (Å²) in [5, 5.41) is 3.91. The number of aromatic nitrogens is 1. The van der Waals surface area contributed by atoms with Gasteiger partial charge in [-0.3, -0.25) is 4.79 Å². The molecular weight excluding hydrogens is 250 g/mol. The van der Waals surface area contributed by atoms with Gasteiger partial charge in [-0.25, -0.2) is 0 Å². The fourth-order valence-corrected chi connectivity index (χ4v) is 1.81. The van der Waals surface area contributed by atoms with E-state index >= 15 is 0 Å². The monoisotopic (exact) mass is 267 g/mol. The van der Waals surface area contributed by atoms with Crippen molar-refractivity contribution >= 4 is 34.9 Å². The molecule has 4 N–H and O–H groups in total. The predicted molar refractivity (Wildman–Crippen MR) is 77.1 cm³/mol. The summed E-state index contributed by atoms with van der Waals surface area (Å²) in [6, 6.07) is 7.28. The van der Waals surface area contributed by atoms with Crippen molar-refractivity contribution in [3.05, 3.63) is 30.5 Å². The van der Waals surface area contributed by atoms with E-state index in [1.54, 1.807) is 0 Å². The first-order valence-corrected chi connectivity index (χ1v) is 5.84. The highest BCUT2D eigenvalue weighted by Crippen LogP contribution is 2.17. The van der Waals surface area contributed by atoms with Crippen molar-refractivity contribution in [2.45, 2.75) is 25.8 Å². The Labute approximate surface area is 112 Å². The van der Waals surface area contributed by atoms with Crippen LogP contribution in [0, 0.1) is 0 Å². The predicted octanol–water partition coefficient (Wildman–Crippen LogP) is 2.66. The second-order valence-electron chi connectivity index (χ2n) is 4.16. The third-order valence-electron chi connectivity index (χ3n) is 2.76. The zero-order valence-corrected chi connectivity index (χ0v) is 11.1. The fraction of sp³-hybridized carbons (Fsp3) is 0.308. The summed E-state index contributed by atoms with van der Waals surface area (Å²) in [7, 11) is 0. The molecule has 1 atom stereocenters. The molecule has 5 heteroatoms. The van der Waals surface area contributed by atoms with E-state index in [0.717, 1.165) is 23.0 Å². The maximum absolute atomic E-state index is 11.7. The Kier molecular flexibility index (Phi) is 5.19. The third-order valence-corrected chi connectivity index (χ3v) is 2.76. The molecule has 0 aliphatic heterocycles. The topological polar surface area (TPSA) is 70.9 Å². The zero-order chi connectivity index (χ0) is 12.3. The summed E-state index contributed by atoms with van der Waals surface area (Å²) in [5.74, 6) is -0.123. The average molecular weight is 268 g/mol.